The number of benzene rings is 1. The third kappa shape index (κ3) is 8.35. The summed E-state index contributed by atoms with van der Waals surface area (Å²) in [4.78, 5) is 33.1. The number of amides is 1. The zero-order chi connectivity index (χ0) is 25.6. The van der Waals surface area contributed by atoms with Gasteiger partial charge in [0.25, 0.3) is 5.91 Å². The summed E-state index contributed by atoms with van der Waals surface area (Å²) in [5.74, 6) is 0.748. The number of nitrogens with zero attached hydrogens (tertiary/aromatic N) is 2. The molecule has 0 unspecified atom stereocenters. The molecule has 7 nitrogen and oxygen atoms in total. The highest BCUT2D eigenvalue weighted by Crippen LogP contribution is 2.34. The lowest BCUT2D eigenvalue weighted by Gasteiger charge is -2.10. The van der Waals surface area contributed by atoms with E-state index in [-0.39, 0.29) is 5.91 Å². The second-order valence-electron chi connectivity index (χ2n) is 6.92. The first-order valence-electron chi connectivity index (χ1n) is 10.6. The fraction of sp³-hybridized carbons (Fsp3) is 0.360. The Balaban J connectivity index is 0.00000132. The van der Waals surface area contributed by atoms with Crippen LogP contribution in [0.1, 0.15) is 45.0 Å². The number of pyridine rings is 1. The number of halogens is 1. The molecule has 0 radical (unpaired) electrons. The zero-order valence-electron chi connectivity index (χ0n) is 20.4. The molecule has 3 aromatic rings. The number of aldehydes is 1. The van der Waals surface area contributed by atoms with E-state index in [2.05, 4.69) is 24.1 Å². The maximum atomic E-state index is 11.9. The molecular weight excluding hydrogens is 442 g/mol. The van der Waals surface area contributed by atoms with E-state index in [9.17, 15) is 4.79 Å². The molecule has 0 spiro atoms. The second kappa shape index (κ2) is 15.6. The number of nitrogens with one attached hydrogen (secondary N) is 1. The molecule has 0 aliphatic heterocycles. The summed E-state index contributed by atoms with van der Waals surface area (Å²) in [6.07, 6.45) is 4.53. The van der Waals surface area contributed by atoms with Crippen molar-refractivity contribution in [2.75, 3.05) is 13.7 Å². The van der Waals surface area contributed by atoms with Crippen LogP contribution >= 0.6 is 11.6 Å². The van der Waals surface area contributed by atoms with Gasteiger partial charge in [0.1, 0.15) is 18.1 Å². The number of aryl methyl sites for hydroxylation is 1. The first-order chi connectivity index (χ1) is 15.8. The second-order valence-corrected chi connectivity index (χ2v) is 7.32. The minimum absolute atomic E-state index is 0.106. The van der Waals surface area contributed by atoms with E-state index in [1.165, 1.54) is 6.92 Å². The molecular formula is C25H34ClN3O4. The van der Waals surface area contributed by atoms with E-state index >= 15 is 0 Å². The fourth-order valence-corrected chi connectivity index (χ4v) is 3.04. The van der Waals surface area contributed by atoms with Gasteiger partial charge in [0, 0.05) is 54.1 Å². The predicted molar refractivity (Wildman–Crippen MR) is 135 cm³/mol. The van der Waals surface area contributed by atoms with Crippen LogP contribution in [0, 0.1) is 5.92 Å². The van der Waals surface area contributed by atoms with Crippen LogP contribution in [0.5, 0.6) is 5.88 Å². The van der Waals surface area contributed by atoms with Crippen molar-refractivity contribution in [1.29, 1.82) is 0 Å². The molecule has 33 heavy (non-hydrogen) atoms. The van der Waals surface area contributed by atoms with Crippen molar-refractivity contribution in [1.82, 2.24) is 14.9 Å². The minimum atomic E-state index is -0.106. The lowest BCUT2D eigenvalue weighted by molar-refractivity contribution is -0.106. The summed E-state index contributed by atoms with van der Waals surface area (Å²) in [7, 11) is 3.58. The topological polar surface area (TPSA) is 90.3 Å². The van der Waals surface area contributed by atoms with Crippen molar-refractivity contribution in [3.8, 4) is 17.0 Å². The Labute approximate surface area is 201 Å². The van der Waals surface area contributed by atoms with Crippen molar-refractivity contribution in [3.05, 3.63) is 47.2 Å². The predicted octanol–water partition coefficient (Wildman–Crippen LogP) is 5.33. The van der Waals surface area contributed by atoms with Crippen molar-refractivity contribution in [2.45, 2.75) is 34.6 Å². The molecule has 0 aliphatic rings. The van der Waals surface area contributed by atoms with Crippen molar-refractivity contribution in [3.63, 3.8) is 0 Å². The Morgan fingerprint density at radius 3 is 2.39 bits per heavy atom. The molecule has 1 aromatic carbocycles. The average Bonchev–Trinajstić information content (AvgIpc) is 3.16. The summed E-state index contributed by atoms with van der Waals surface area (Å²) >= 11 is 6.36. The van der Waals surface area contributed by atoms with E-state index in [4.69, 9.17) is 25.9 Å². The van der Waals surface area contributed by atoms with Gasteiger partial charge in [-0.1, -0.05) is 45.4 Å². The average molecular weight is 476 g/mol. The van der Waals surface area contributed by atoms with Crippen LogP contribution in [0.4, 0.5) is 0 Å². The molecule has 0 aliphatic carbocycles. The highest BCUT2D eigenvalue weighted by Gasteiger charge is 2.14. The SMILES string of the molecule is C=O.CC.CC=O.CNC(=O)c1ccc2c(-c3cnc(OCC(C)C)c(Cl)c3)cn(C)c2c1. The first kappa shape index (κ1) is 29.8. The number of fused-ring (bicyclic) bond motifs is 1. The molecule has 1 amide bonds. The highest BCUT2D eigenvalue weighted by molar-refractivity contribution is 6.32. The number of hydrogen-bond donors (Lipinski definition) is 1. The number of ether oxygens (including phenoxy) is 1. The van der Waals surface area contributed by atoms with Gasteiger partial charge in [-0.25, -0.2) is 4.98 Å². The van der Waals surface area contributed by atoms with E-state index in [0.29, 0.717) is 29.0 Å². The lowest BCUT2D eigenvalue weighted by Crippen LogP contribution is -2.17. The van der Waals surface area contributed by atoms with E-state index in [0.717, 1.165) is 28.3 Å². The summed E-state index contributed by atoms with van der Waals surface area (Å²) in [6.45, 7) is 12.2. The molecule has 3 rings (SSSR count). The van der Waals surface area contributed by atoms with Crippen LogP contribution in [0.3, 0.4) is 0 Å². The summed E-state index contributed by atoms with van der Waals surface area (Å²) in [5.41, 5.74) is 3.51. The maximum absolute atomic E-state index is 11.9. The largest absolute Gasteiger partial charge is 0.476 e. The van der Waals surface area contributed by atoms with E-state index < -0.39 is 0 Å². The zero-order valence-corrected chi connectivity index (χ0v) is 21.2. The van der Waals surface area contributed by atoms with Crippen LogP contribution in [0.2, 0.25) is 5.02 Å². The van der Waals surface area contributed by atoms with Crippen LogP contribution in [0.15, 0.2) is 36.7 Å². The summed E-state index contributed by atoms with van der Waals surface area (Å²) in [5, 5.41) is 4.17. The number of rotatable bonds is 5. The Bertz CT molecular complexity index is 1030. The molecule has 8 heteroatoms. The van der Waals surface area contributed by atoms with E-state index in [1.807, 2.05) is 62.7 Å². The van der Waals surface area contributed by atoms with Crippen LogP contribution < -0.4 is 10.1 Å². The van der Waals surface area contributed by atoms with Gasteiger partial charge in [-0.05, 0) is 31.0 Å². The third-order valence-corrected chi connectivity index (χ3v) is 4.42. The van der Waals surface area contributed by atoms with Gasteiger partial charge in [-0.2, -0.15) is 0 Å². The molecule has 2 heterocycles. The number of carbonyl (C=O) groups is 3. The van der Waals surface area contributed by atoms with Gasteiger partial charge < -0.3 is 24.2 Å². The number of hydrogen-bond acceptors (Lipinski definition) is 5. The molecule has 0 bridgehead atoms. The number of carbonyl (C=O) groups excluding carboxylic acids is 3. The van der Waals surface area contributed by atoms with Gasteiger partial charge >= 0.3 is 0 Å². The number of aromatic nitrogens is 2. The van der Waals surface area contributed by atoms with Gasteiger partial charge in [0.2, 0.25) is 5.88 Å². The molecule has 2 aromatic heterocycles. The van der Waals surface area contributed by atoms with Crippen molar-refractivity contribution >= 4 is 41.5 Å². The van der Waals surface area contributed by atoms with Crippen LogP contribution in [0.25, 0.3) is 22.0 Å². The van der Waals surface area contributed by atoms with Gasteiger partial charge in [-0.15, -0.1) is 0 Å². The smallest absolute Gasteiger partial charge is 0.251 e. The lowest BCUT2D eigenvalue weighted by atomic mass is 10.0. The quantitative estimate of drug-likeness (QED) is 0.503. The fourth-order valence-electron chi connectivity index (χ4n) is 2.82. The van der Waals surface area contributed by atoms with Gasteiger partial charge in [0.05, 0.1) is 6.61 Å². The first-order valence-corrected chi connectivity index (χ1v) is 11.0. The maximum Gasteiger partial charge on any atom is 0.251 e. The Hall–Kier alpha value is -3.19. The van der Waals surface area contributed by atoms with Crippen LogP contribution in [-0.4, -0.2) is 42.2 Å². The molecule has 180 valence electrons. The normalized spacial score (nSPS) is 9.48. The van der Waals surface area contributed by atoms with E-state index in [1.54, 1.807) is 13.2 Å². The standard InChI is InChI=1S/C20H22ClN3O2.C2H4O.C2H6.CH2O/c1-12(2)11-26-20-17(21)7-14(9-23-20)16-10-24(4)18-8-13(19(25)22-3)5-6-15(16)18;1-2-3;2*1-2/h5-10,12H,11H2,1-4H3,(H,22,25);2H,1H3;1-2H3;1H2. The van der Waals surface area contributed by atoms with Gasteiger partial charge in [-0.3, -0.25) is 4.79 Å². The summed E-state index contributed by atoms with van der Waals surface area (Å²) < 4.78 is 7.64. The Morgan fingerprint density at radius 1 is 1.27 bits per heavy atom. The molecule has 0 fully saturated rings. The molecule has 0 saturated heterocycles. The Kier molecular flexibility index (Phi) is 14.1. The summed E-state index contributed by atoms with van der Waals surface area (Å²) in [6, 6.07) is 7.52. The minimum Gasteiger partial charge on any atom is -0.476 e. The molecule has 0 saturated carbocycles. The third-order valence-electron chi connectivity index (χ3n) is 4.15. The Morgan fingerprint density at radius 2 is 1.88 bits per heavy atom. The molecule has 0 atom stereocenters. The van der Waals surface area contributed by atoms with Gasteiger partial charge in [0.15, 0.2) is 0 Å². The monoisotopic (exact) mass is 475 g/mol. The molecule has 1 N–H and O–H groups in total. The van der Waals surface area contributed by atoms with Crippen molar-refractivity contribution in [2.24, 2.45) is 13.0 Å². The van der Waals surface area contributed by atoms with Crippen molar-refractivity contribution < 1.29 is 19.1 Å². The highest BCUT2D eigenvalue weighted by atomic mass is 35.5. The van der Waals surface area contributed by atoms with Crippen LogP contribution in [-0.2, 0) is 16.6 Å².